The number of hydrogen-bond donors (Lipinski definition) is 1. The molecule has 2 amide bonds. The van der Waals surface area contributed by atoms with Crippen LogP contribution in [0, 0.1) is 17.2 Å². The molecule has 156 valence electrons. The molecule has 2 aliphatic heterocycles. The molecule has 1 saturated heterocycles. The van der Waals surface area contributed by atoms with Crippen LogP contribution in [-0.4, -0.2) is 37.1 Å². The zero-order valence-electron chi connectivity index (χ0n) is 17.2. The summed E-state index contributed by atoms with van der Waals surface area (Å²) in [5.74, 6) is 0.714. The number of amides is 2. The smallest absolute Gasteiger partial charge is 0.327 e. The highest BCUT2D eigenvalue weighted by Crippen LogP contribution is 2.29. The Kier molecular flexibility index (Phi) is 7.15. The highest BCUT2D eigenvalue weighted by Gasteiger charge is 2.25. The molecule has 7 heteroatoms. The molecule has 0 aliphatic carbocycles. The number of pyridine rings is 1. The number of nitrogens with one attached hydrogen (secondary N) is 1. The average molecular weight is 406 g/mol. The second kappa shape index (κ2) is 9.99. The summed E-state index contributed by atoms with van der Waals surface area (Å²) >= 11 is 0. The Labute approximate surface area is 176 Å². The van der Waals surface area contributed by atoms with E-state index in [-0.39, 0.29) is 11.9 Å². The fourth-order valence-electron chi connectivity index (χ4n) is 3.88. The SMILES string of the molecule is C=C/C(C#N)=C(\C=C(/C)NC(=O)N1CCCc2ccc(C=O)nc21)C1CCOCC1. The minimum atomic E-state index is -0.302. The summed E-state index contributed by atoms with van der Waals surface area (Å²) in [5, 5.41) is 12.4. The Bertz CT molecular complexity index is 936. The lowest BCUT2D eigenvalue weighted by molar-refractivity contribution is 0.0764. The van der Waals surface area contributed by atoms with E-state index in [1.807, 2.05) is 12.1 Å². The molecule has 0 bridgehead atoms. The monoisotopic (exact) mass is 406 g/mol. The van der Waals surface area contributed by atoms with E-state index < -0.39 is 0 Å². The van der Waals surface area contributed by atoms with Crippen molar-refractivity contribution >= 4 is 18.1 Å². The van der Waals surface area contributed by atoms with Gasteiger partial charge in [0.1, 0.15) is 11.5 Å². The van der Waals surface area contributed by atoms with E-state index in [0.717, 1.165) is 36.8 Å². The van der Waals surface area contributed by atoms with E-state index >= 15 is 0 Å². The number of anilines is 1. The number of aryl methyl sites for hydroxylation is 1. The van der Waals surface area contributed by atoms with E-state index in [2.05, 4.69) is 22.9 Å². The number of nitrogens with zero attached hydrogens (tertiary/aromatic N) is 3. The zero-order valence-corrected chi connectivity index (χ0v) is 17.2. The second-order valence-electron chi connectivity index (χ2n) is 7.42. The zero-order chi connectivity index (χ0) is 21.5. The normalized spacial score (nSPS) is 18.0. The number of rotatable bonds is 5. The van der Waals surface area contributed by atoms with Gasteiger partial charge in [-0.25, -0.2) is 9.78 Å². The number of aldehydes is 1. The van der Waals surface area contributed by atoms with Crippen LogP contribution in [0.25, 0.3) is 0 Å². The maximum absolute atomic E-state index is 13.0. The summed E-state index contributed by atoms with van der Waals surface area (Å²) in [4.78, 5) is 30.0. The number of allylic oxidation sites excluding steroid dienone is 5. The summed E-state index contributed by atoms with van der Waals surface area (Å²) in [6, 6.07) is 5.42. The summed E-state index contributed by atoms with van der Waals surface area (Å²) < 4.78 is 5.44. The van der Waals surface area contributed by atoms with Crippen molar-refractivity contribution in [2.24, 2.45) is 5.92 Å². The fraction of sp³-hybridized carbons (Fsp3) is 0.391. The van der Waals surface area contributed by atoms with Gasteiger partial charge >= 0.3 is 6.03 Å². The maximum atomic E-state index is 13.0. The molecular formula is C23H26N4O3. The van der Waals surface area contributed by atoms with Crippen LogP contribution < -0.4 is 10.2 Å². The van der Waals surface area contributed by atoms with Crippen molar-refractivity contribution in [2.45, 2.75) is 32.6 Å². The number of urea groups is 1. The van der Waals surface area contributed by atoms with Gasteiger partial charge < -0.3 is 10.1 Å². The van der Waals surface area contributed by atoms with Gasteiger partial charge in [-0.2, -0.15) is 5.26 Å². The van der Waals surface area contributed by atoms with Crippen LogP contribution in [0.1, 0.15) is 42.2 Å². The summed E-state index contributed by atoms with van der Waals surface area (Å²) in [6.07, 6.45) is 7.39. The Balaban J connectivity index is 1.83. The maximum Gasteiger partial charge on any atom is 0.327 e. The number of fused-ring (bicyclic) bond motifs is 1. The van der Waals surface area contributed by atoms with Gasteiger partial charge in [0.05, 0.1) is 11.6 Å². The van der Waals surface area contributed by atoms with Gasteiger partial charge in [0.25, 0.3) is 0 Å². The summed E-state index contributed by atoms with van der Waals surface area (Å²) in [7, 11) is 0. The molecule has 1 aromatic rings. The van der Waals surface area contributed by atoms with E-state index in [1.165, 1.54) is 0 Å². The Morgan fingerprint density at radius 2 is 2.17 bits per heavy atom. The number of carbonyl (C=O) groups excluding carboxylic acids is 2. The largest absolute Gasteiger partial charge is 0.381 e. The number of hydrogen-bond acceptors (Lipinski definition) is 5. The molecule has 2 aliphatic rings. The number of carbonyl (C=O) groups is 2. The minimum absolute atomic E-state index is 0.186. The van der Waals surface area contributed by atoms with E-state index in [9.17, 15) is 14.9 Å². The van der Waals surface area contributed by atoms with Crippen LogP contribution in [0.2, 0.25) is 0 Å². The van der Waals surface area contributed by atoms with Crippen molar-refractivity contribution in [3.8, 4) is 6.07 Å². The minimum Gasteiger partial charge on any atom is -0.381 e. The molecule has 1 fully saturated rings. The molecule has 0 spiro atoms. The van der Waals surface area contributed by atoms with Crippen molar-refractivity contribution in [2.75, 3.05) is 24.7 Å². The van der Waals surface area contributed by atoms with Crippen LogP contribution in [0.15, 0.2) is 47.7 Å². The van der Waals surface area contributed by atoms with Gasteiger partial charge in [-0.3, -0.25) is 9.69 Å². The molecule has 0 radical (unpaired) electrons. The Morgan fingerprint density at radius 1 is 1.40 bits per heavy atom. The lowest BCUT2D eigenvalue weighted by Crippen LogP contribution is -2.42. The van der Waals surface area contributed by atoms with Crippen molar-refractivity contribution < 1.29 is 14.3 Å². The van der Waals surface area contributed by atoms with Crippen molar-refractivity contribution in [3.05, 3.63) is 59.0 Å². The van der Waals surface area contributed by atoms with Gasteiger partial charge in [0, 0.05) is 25.5 Å². The lowest BCUT2D eigenvalue weighted by Gasteiger charge is -2.29. The Hall–Kier alpha value is -3.24. The molecule has 30 heavy (non-hydrogen) atoms. The molecule has 0 aromatic carbocycles. The van der Waals surface area contributed by atoms with Crippen LogP contribution in [0.5, 0.6) is 0 Å². The van der Waals surface area contributed by atoms with Crippen LogP contribution in [-0.2, 0) is 11.2 Å². The third-order valence-electron chi connectivity index (χ3n) is 5.40. The molecule has 0 atom stereocenters. The van der Waals surface area contributed by atoms with Gasteiger partial charge in [-0.1, -0.05) is 18.7 Å². The molecule has 1 aromatic heterocycles. The second-order valence-corrected chi connectivity index (χ2v) is 7.42. The first-order valence-corrected chi connectivity index (χ1v) is 10.1. The fourth-order valence-corrected chi connectivity index (χ4v) is 3.88. The third kappa shape index (κ3) is 4.84. The first kappa shape index (κ1) is 21.5. The van der Waals surface area contributed by atoms with E-state index in [4.69, 9.17) is 4.74 Å². The molecule has 0 saturated carbocycles. The summed E-state index contributed by atoms with van der Waals surface area (Å²) in [6.45, 7) is 7.39. The number of nitriles is 1. The quantitative estimate of drug-likeness (QED) is 0.457. The molecular weight excluding hydrogens is 380 g/mol. The first-order valence-electron chi connectivity index (χ1n) is 10.1. The predicted octanol–water partition coefficient (Wildman–Crippen LogP) is 3.69. The highest BCUT2D eigenvalue weighted by atomic mass is 16.5. The highest BCUT2D eigenvalue weighted by molar-refractivity contribution is 5.93. The lowest BCUT2D eigenvalue weighted by atomic mass is 9.87. The predicted molar refractivity (Wildman–Crippen MR) is 114 cm³/mol. The van der Waals surface area contributed by atoms with Gasteiger partial charge in [-0.15, -0.1) is 0 Å². The van der Waals surface area contributed by atoms with Crippen LogP contribution in [0.4, 0.5) is 10.6 Å². The van der Waals surface area contributed by atoms with E-state index in [1.54, 1.807) is 24.0 Å². The Morgan fingerprint density at radius 3 is 2.83 bits per heavy atom. The molecule has 3 heterocycles. The summed E-state index contributed by atoms with van der Waals surface area (Å²) in [5.41, 5.74) is 3.26. The molecule has 7 nitrogen and oxygen atoms in total. The van der Waals surface area contributed by atoms with Crippen LogP contribution in [0.3, 0.4) is 0 Å². The standard InChI is InChI=1S/C23H26N4O3/c1-3-17(14-24)21(18-8-11-30-12-9-18)13-16(2)25-23(29)27-10-4-5-19-6-7-20(15-28)26-22(19)27/h3,6-7,13,15,18H,1,4-5,8-12H2,2H3,(H,25,29)/b16-13+,21-17-. The van der Waals surface area contributed by atoms with Gasteiger partial charge in [0.15, 0.2) is 6.29 Å². The molecule has 1 N–H and O–H groups in total. The molecule has 3 rings (SSSR count). The molecule has 0 unspecified atom stereocenters. The van der Waals surface area contributed by atoms with Gasteiger partial charge in [-0.05, 0) is 61.8 Å². The van der Waals surface area contributed by atoms with Crippen molar-refractivity contribution in [1.82, 2.24) is 10.3 Å². The van der Waals surface area contributed by atoms with Crippen LogP contribution >= 0.6 is 0 Å². The van der Waals surface area contributed by atoms with Gasteiger partial charge in [0.2, 0.25) is 0 Å². The van der Waals surface area contributed by atoms with E-state index in [0.29, 0.717) is 48.8 Å². The third-order valence-corrected chi connectivity index (χ3v) is 5.40. The van der Waals surface area contributed by atoms with Crippen molar-refractivity contribution in [3.63, 3.8) is 0 Å². The number of aromatic nitrogens is 1. The number of ether oxygens (including phenoxy) is 1. The average Bonchev–Trinajstić information content (AvgIpc) is 2.78. The topological polar surface area (TPSA) is 95.3 Å². The van der Waals surface area contributed by atoms with Crippen molar-refractivity contribution in [1.29, 1.82) is 5.26 Å². The first-order chi connectivity index (χ1) is 14.6.